The van der Waals surface area contributed by atoms with E-state index in [9.17, 15) is 0 Å². The van der Waals surface area contributed by atoms with E-state index in [1.807, 2.05) is 60.7 Å². The summed E-state index contributed by atoms with van der Waals surface area (Å²) in [6.45, 7) is 0. The Kier molecular flexibility index (Phi) is 7.94. The van der Waals surface area contributed by atoms with Crippen LogP contribution in [0.15, 0.2) is 199 Å². The number of para-hydroxylation sites is 2. The van der Waals surface area contributed by atoms with Gasteiger partial charge in [-0.25, -0.2) is 15.0 Å². The number of fused-ring (bicyclic) bond motifs is 9. The van der Waals surface area contributed by atoms with E-state index in [0.29, 0.717) is 29.0 Å². The minimum atomic E-state index is 0.554. The molecule has 8 aromatic carbocycles. The molecule has 294 valence electrons. The molecule has 8 heteroatoms. The number of nitrogens with zero attached hydrogens (tertiary/aromatic N) is 6. The summed E-state index contributed by atoms with van der Waals surface area (Å²) in [7, 11) is 0. The van der Waals surface area contributed by atoms with E-state index in [-0.39, 0.29) is 0 Å². The van der Waals surface area contributed by atoms with Crippen molar-refractivity contribution < 1.29 is 4.42 Å². The van der Waals surface area contributed by atoms with Crippen LogP contribution in [0.4, 0.5) is 0 Å². The molecule has 0 aliphatic heterocycles. The van der Waals surface area contributed by atoms with E-state index in [4.69, 9.17) is 29.3 Å². The summed E-state index contributed by atoms with van der Waals surface area (Å²) in [5.41, 5.74) is 11.1. The Morgan fingerprint density at radius 2 is 1.05 bits per heavy atom. The molecule has 0 radical (unpaired) electrons. The summed E-state index contributed by atoms with van der Waals surface area (Å²) < 4.78 is 10.8. The van der Waals surface area contributed by atoms with Crippen molar-refractivity contribution >= 4 is 75.4 Å². The Hall–Kier alpha value is -8.33. The van der Waals surface area contributed by atoms with Crippen LogP contribution in [0.5, 0.6) is 0 Å². The van der Waals surface area contributed by atoms with Gasteiger partial charge in [0.05, 0.1) is 11.0 Å². The molecule has 0 fully saturated rings. The average Bonchev–Trinajstić information content (AvgIpc) is 4.04. The van der Waals surface area contributed by atoms with Gasteiger partial charge in [-0.3, -0.25) is 4.57 Å². The van der Waals surface area contributed by atoms with Crippen LogP contribution in [-0.4, -0.2) is 29.5 Å². The van der Waals surface area contributed by atoms with Crippen LogP contribution < -0.4 is 0 Å². The lowest BCUT2D eigenvalue weighted by Crippen LogP contribution is -2.06. The van der Waals surface area contributed by atoms with E-state index in [1.54, 1.807) is 11.3 Å². The van der Waals surface area contributed by atoms with Gasteiger partial charge in [0.15, 0.2) is 23.1 Å². The van der Waals surface area contributed by atoms with E-state index >= 15 is 0 Å². The monoisotopic (exact) mass is 824 g/mol. The third-order valence-corrected chi connectivity index (χ3v) is 13.1. The molecular formula is C55H32N6OS. The fourth-order valence-electron chi connectivity index (χ4n) is 9.01. The molecule has 0 N–H and O–H groups in total. The number of hydrogen-bond acceptors (Lipinski definition) is 7. The first-order chi connectivity index (χ1) is 31.2. The third kappa shape index (κ3) is 5.69. The van der Waals surface area contributed by atoms with Crippen LogP contribution >= 0.6 is 11.3 Å². The quantitative estimate of drug-likeness (QED) is 0.166. The Morgan fingerprint density at radius 3 is 1.87 bits per heavy atom. The normalized spacial score (nSPS) is 11.8. The second-order valence-corrected chi connectivity index (χ2v) is 16.7. The molecule has 5 heterocycles. The van der Waals surface area contributed by atoms with E-state index in [0.717, 1.165) is 92.0 Å². The van der Waals surface area contributed by atoms with Gasteiger partial charge < -0.3 is 4.42 Å². The Morgan fingerprint density at radius 1 is 0.413 bits per heavy atom. The number of aromatic nitrogens is 6. The van der Waals surface area contributed by atoms with Gasteiger partial charge in [0.25, 0.3) is 0 Å². The van der Waals surface area contributed by atoms with Crippen molar-refractivity contribution in [2.24, 2.45) is 0 Å². The summed E-state index contributed by atoms with van der Waals surface area (Å²) >= 11 is 1.73. The maximum absolute atomic E-state index is 6.44. The molecule has 0 saturated carbocycles. The third-order valence-electron chi connectivity index (χ3n) is 11.9. The van der Waals surface area contributed by atoms with Crippen molar-refractivity contribution in [2.45, 2.75) is 0 Å². The van der Waals surface area contributed by atoms with E-state index in [1.165, 1.54) is 5.56 Å². The standard InChI is InChI=1S/C55H32N6OS/c1-4-16-33(17-5-1)36-30-31-44-42(32-36)37-22-10-12-27-43(37)61(44)55-59-52(35-20-8-3-9-21-35)58-54(60-55)41-26-14-24-39-47-40(25-15-29-46(47)63-51(39)41)53-56-48(34-18-6-2-7-19-34)50-49(57-53)38-23-11-13-28-45(38)62-50/h1-32H. The summed E-state index contributed by atoms with van der Waals surface area (Å²) in [4.78, 5) is 26.4. The maximum Gasteiger partial charge on any atom is 0.238 e. The molecular weight excluding hydrogens is 793 g/mol. The van der Waals surface area contributed by atoms with Crippen LogP contribution in [0.1, 0.15) is 0 Å². The highest BCUT2D eigenvalue weighted by Gasteiger charge is 2.23. The van der Waals surface area contributed by atoms with E-state index < -0.39 is 0 Å². The molecule has 13 aromatic rings. The van der Waals surface area contributed by atoms with E-state index in [2.05, 4.69) is 138 Å². The minimum Gasteiger partial charge on any atom is -0.452 e. The van der Waals surface area contributed by atoms with Gasteiger partial charge in [-0.2, -0.15) is 9.97 Å². The molecule has 5 aromatic heterocycles. The number of rotatable bonds is 6. The van der Waals surface area contributed by atoms with Gasteiger partial charge in [-0.1, -0.05) is 152 Å². The number of thiophene rings is 1. The van der Waals surface area contributed by atoms with Crippen molar-refractivity contribution in [3.05, 3.63) is 194 Å². The zero-order valence-electron chi connectivity index (χ0n) is 33.5. The second-order valence-electron chi connectivity index (χ2n) is 15.6. The molecule has 0 saturated heterocycles. The van der Waals surface area contributed by atoms with Crippen LogP contribution in [0.2, 0.25) is 0 Å². The molecule has 7 nitrogen and oxygen atoms in total. The summed E-state index contributed by atoms with van der Waals surface area (Å²) in [6, 6.07) is 66.9. The molecule has 0 aliphatic carbocycles. The summed E-state index contributed by atoms with van der Waals surface area (Å²) in [6.07, 6.45) is 0. The molecule has 0 unspecified atom stereocenters. The lowest BCUT2D eigenvalue weighted by atomic mass is 10.0. The smallest absolute Gasteiger partial charge is 0.238 e. The highest BCUT2D eigenvalue weighted by atomic mass is 32.1. The van der Waals surface area contributed by atoms with Crippen molar-refractivity contribution in [3.8, 4) is 62.5 Å². The van der Waals surface area contributed by atoms with Gasteiger partial charge >= 0.3 is 0 Å². The van der Waals surface area contributed by atoms with Gasteiger partial charge in [-0.15, -0.1) is 11.3 Å². The molecule has 0 bridgehead atoms. The zero-order valence-corrected chi connectivity index (χ0v) is 34.3. The first-order valence-corrected chi connectivity index (χ1v) is 21.7. The number of benzene rings is 8. The Balaban J connectivity index is 1.04. The Bertz CT molecular complexity index is 3910. The van der Waals surface area contributed by atoms with Crippen molar-refractivity contribution in [1.29, 1.82) is 0 Å². The van der Waals surface area contributed by atoms with Crippen molar-refractivity contribution in [2.75, 3.05) is 0 Å². The predicted octanol–water partition coefficient (Wildman–Crippen LogP) is 14.4. The Labute approximate surface area is 364 Å². The van der Waals surface area contributed by atoms with Crippen LogP contribution in [0, 0.1) is 0 Å². The number of hydrogen-bond donors (Lipinski definition) is 0. The summed E-state index contributed by atoms with van der Waals surface area (Å²) in [5.74, 6) is 2.39. The second kappa shape index (κ2) is 14.1. The average molecular weight is 825 g/mol. The molecule has 63 heavy (non-hydrogen) atoms. The van der Waals surface area contributed by atoms with Crippen LogP contribution in [0.25, 0.3) is 127 Å². The van der Waals surface area contributed by atoms with Crippen LogP contribution in [0.3, 0.4) is 0 Å². The first-order valence-electron chi connectivity index (χ1n) is 20.8. The molecule has 0 aliphatic rings. The van der Waals surface area contributed by atoms with Crippen molar-refractivity contribution in [1.82, 2.24) is 29.5 Å². The predicted molar refractivity (Wildman–Crippen MR) is 257 cm³/mol. The molecule has 13 rings (SSSR count). The fraction of sp³-hybridized carbons (Fsp3) is 0. The first kappa shape index (κ1) is 35.4. The lowest BCUT2D eigenvalue weighted by molar-refractivity contribution is 0.667. The van der Waals surface area contributed by atoms with Gasteiger partial charge in [0.2, 0.25) is 5.95 Å². The van der Waals surface area contributed by atoms with Crippen LogP contribution in [-0.2, 0) is 0 Å². The highest BCUT2D eigenvalue weighted by molar-refractivity contribution is 7.26. The molecule has 0 spiro atoms. The van der Waals surface area contributed by atoms with Crippen molar-refractivity contribution in [3.63, 3.8) is 0 Å². The largest absolute Gasteiger partial charge is 0.452 e. The molecule has 0 amide bonds. The fourth-order valence-corrected chi connectivity index (χ4v) is 10.3. The zero-order chi connectivity index (χ0) is 41.4. The van der Waals surface area contributed by atoms with Gasteiger partial charge in [0, 0.05) is 58.6 Å². The lowest BCUT2D eigenvalue weighted by Gasteiger charge is -2.11. The summed E-state index contributed by atoms with van der Waals surface area (Å²) in [5, 5.41) is 5.39. The topological polar surface area (TPSA) is 82.5 Å². The molecule has 0 atom stereocenters. The highest BCUT2D eigenvalue weighted by Crippen LogP contribution is 2.45. The SMILES string of the molecule is c1ccc(-c2ccc3c(c2)c2ccccc2n3-c2nc(-c3ccccc3)nc(-c3cccc4c3sc3cccc(-c5nc(-c6ccccc6)c6oc7ccccc7c6n5)c34)n2)cc1. The minimum absolute atomic E-state index is 0.554. The maximum atomic E-state index is 6.44. The van der Waals surface area contributed by atoms with Gasteiger partial charge in [0.1, 0.15) is 16.8 Å². The van der Waals surface area contributed by atoms with Gasteiger partial charge in [-0.05, 0) is 53.6 Å². The number of furan rings is 1.